The van der Waals surface area contributed by atoms with Gasteiger partial charge in [-0.2, -0.15) is 0 Å². The molecular weight excluding hydrogens is 204 g/mol. The Morgan fingerprint density at radius 1 is 1.19 bits per heavy atom. The maximum Gasteiger partial charge on any atom is 0.319 e. The van der Waals surface area contributed by atoms with Crippen LogP contribution in [0.1, 0.15) is 6.42 Å². The molecule has 1 rings (SSSR count). The van der Waals surface area contributed by atoms with Gasteiger partial charge in [0.25, 0.3) is 0 Å². The van der Waals surface area contributed by atoms with Gasteiger partial charge in [-0.1, -0.05) is 0 Å². The summed E-state index contributed by atoms with van der Waals surface area (Å²) in [6.45, 7) is 5.35. The van der Waals surface area contributed by atoms with Gasteiger partial charge in [0.1, 0.15) is 0 Å². The van der Waals surface area contributed by atoms with E-state index in [4.69, 9.17) is 0 Å². The second-order valence-electron chi connectivity index (χ2n) is 4.60. The normalized spacial score (nSPS) is 16.6. The summed E-state index contributed by atoms with van der Waals surface area (Å²) in [5.41, 5.74) is 0. The lowest BCUT2D eigenvalue weighted by atomic mass is 10.3. The molecule has 0 unspecified atom stereocenters. The first-order valence-corrected chi connectivity index (χ1v) is 5.96. The van der Waals surface area contributed by atoms with Crippen LogP contribution in [0.25, 0.3) is 0 Å². The molecule has 16 heavy (non-hydrogen) atoms. The van der Waals surface area contributed by atoms with Crippen LogP contribution in [-0.4, -0.2) is 81.1 Å². The van der Waals surface area contributed by atoms with Gasteiger partial charge in [-0.15, -0.1) is 0 Å². The van der Waals surface area contributed by atoms with Gasteiger partial charge < -0.3 is 20.0 Å². The van der Waals surface area contributed by atoms with Crippen molar-refractivity contribution in [1.82, 2.24) is 20.0 Å². The molecule has 1 saturated heterocycles. The smallest absolute Gasteiger partial charge is 0.319 e. The average molecular weight is 228 g/mol. The quantitative estimate of drug-likeness (QED) is 0.730. The Labute approximate surface area is 98.4 Å². The van der Waals surface area contributed by atoms with E-state index in [1.165, 1.54) is 0 Å². The third-order valence-electron chi connectivity index (χ3n) is 2.81. The number of nitrogens with one attached hydrogen (secondary N) is 1. The van der Waals surface area contributed by atoms with E-state index in [1.54, 1.807) is 0 Å². The minimum atomic E-state index is 0.167. The van der Waals surface area contributed by atoms with Crippen LogP contribution >= 0.6 is 0 Å². The van der Waals surface area contributed by atoms with Crippen molar-refractivity contribution in [3.05, 3.63) is 0 Å². The molecule has 0 aromatic heterocycles. The van der Waals surface area contributed by atoms with Crippen LogP contribution in [0, 0.1) is 0 Å². The van der Waals surface area contributed by atoms with E-state index in [0.29, 0.717) is 0 Å². The predicted octanol–water partition coefficient (Wildman–Crippen LogP) is -0.105. The number of carbonyl (C=O) groups excluding carboxylic acids is 1. The molecule has 5 nitrogen and oxygen atoms in total. The molecule has 0 saturated carbocycles. The molecule has 0 aromatic rings. The highest BCUT2D eigenvalue weighted by Crippen LogP contribution is 2.00. The van der Waals surface area contributed by atoms with E-state index in [2.05, 4.69) is 24.3 Å². The summed E-state index contributed by atoms with van der Waals surface area (Å²) in [5, 5.41) is 3.25. The van der Waals surface area contributed by atoms with Gasteiger partial charge >= 0.3 is 6.03 Å². The fourth-order valence-corrected chi connectivity index (χ4v) is 1.82. The molecule has 94 valence electrons. The van der Waals surface area contributed by atoms with Gasteiger partial charge in [0.15, 0.2) is 0 Å². The number of rotatable bonds is 4. The first-order valence-electron chi connectivity index (χ1n) is 5.96. The average Bonchev–Trinajstić information content (AvgIpc) is 2.28. The molecule has 0 spiro atoms. The van der Waals surface area contributed by atoms with Crippen LogP contribution < -0.4 is 5.32 Å². The standard InChI is InChI=1S/C11H24N4O/c1-13(2)7-4-8-14(3)11(16)15-9-5-12-6-10-15/h12H,4-10H2,1-3H3. The van der Waals surface area contributed by atoms with Crippen LogP contribution in [0.15, 0.2) is 0 Å². The van der Waals surface area contributed by atoms with E-state index >= 15 is 0 Å². The Morgan fingerprint density at radius 2 is 1.81 bits per heavy atom. The summed E-state index contributed by atoms with van der Waals surface area (Å²) in [6, 6.07) is 0.167. The van der Waals surface area contributed by atoms with Crippen LogP contribution in [0.2, 0.25) is 0 Å². The summed E-state index contributed by atoms with van der Waals surface area (Å²) < 4.78 is 0. The zero-order valence-corrected chi connectivity index (χ0v) is 10.7. The van der Waals surface area contributed by atoms with Crippen LogP contribution in [0.4, 0.5) is 4.79 Å². The lowest BCUT2D eigenvalue weighted by Crippen LogP contribution is -2.50. The van der Waals surface area contributed by atoms with E-state index < -0.39 is 0 Å². The fourth-order valence-electron chi connectivity index (χ4n) is 1.82. The summed E-state index contributed by atoms with van der Waals surface area (Å²) in [6.07, 6.45) is 1.03. The second kappa shape index (κ2) is 6.70. The second-order valence-corrected chi connectivity index (χ2v) is 4.60. The van der Waals surface area contributed by atoms with Crippen molar-refractivity contribution in [3.63, 3.8) is 0 Å². The molecular formula is C11H24N4O. The number of hydrogen-bond donors (Lipinski definition) is 1. The van der Waals surface area contributed by atoms with Gasteiger partial charge in [-0.05, 0) is 27.1 Å². The maximum atomic E-state index is 12.0. The summed E-state index contributed by atoms with van der Waals surface area (Å²) in [7, 11) is 6.00. The largest absolute Gasteiger partial charge is 0.328 e. The zero-order chi connectivity index (χ0) is 12.0. The van der Waals surface area contributed by atoms with Gasteiger partial charge in [-0.3, -0.25) is 0 Å². The lowest BCUT2D eigenvalue weighted by Gasteiger charge is -2.31. The Bertz CT molecular complexity index is 214. The number of carbonyl (C=O) groups is 1. The van der Waals surface area contributed by atoms with Crippen LogP contribution in [-0.2, 0) is 0 Å². The minimum Gasteiger partial charge on any atom is -0.328 e. The molecule has 1 N–H and O–H groups in total. The van der Waals surface area contributed by atoms with E-state index in [1.807, 2.05) is 16.8 Å². The SMILES string of the molecule is CN(C)CCCN(C)C(=O)N1CCNCC1. The van der Waals surface area contributed by atoms with Crippen molar-refractivity contribution in [2.24, 2.45) is 0 Å². The number of hydrogen-bond acceptors (Lipinski definition) is 3. The van der Waals surface area contributed by atoms with Crippen molar-refractivity contribution in [2.75, 3.05) is 60.4 Å². The van der Waals surface area contributed by atoms with Gasteiger partial charge in [0, 0.05) is 39.8 Å². The topological polar surface area (TPSA) is 38.8 Å². The highest BCUT2D eigenvalue weighted by molar-refractivity contribution is 5.74. The molecule has 0 aromatic carbocycles. The monoisotopic (exact) mass is 228 g/mol. The highest BCUT2D eigenvalue weighted by atomic mass is 16.2. The molecule has 0 aliphatic carbocycles. The number of nitrogens with zero attached hydrogens (tertiary/aromatic N) is 3. The number of amides is 2. The van der Waals surface area contributed by atoms with Crippen LogP contribution in [0.5, 0.6) is 0 Å². The van der Waals surface area contributed by atoms with E-state index in [-0.39, 0.29) is 6.03 Å². The van der Waals surface area contributed by atoms with E-state index in [9.17, 15) is 4.79 Å². The summed E-state index contributed by atoms with van der Waals surface area (Å²) >= 11 is 0. The molecule has 0 radical (unpaired) electrons. The van der Waals surface area contributed by atoms with Crippen molar-refractivity contribution < 1.29 is 4.79 Å². The van der Waals surface area contributed by atoms with Crippen LogP contribution in [0.3, 0.4) is 0 Å². The Morgan fingerprint density at radius 3 is 2.38 bits per heavy atom. The number of urea groups is 1. The fraction of sp³-hybridized carbons (Fsp3) is 0.909. The first-order chi connectivity index (χ1) is 7.61. The Hall–Kier alpha value is -0.810. The van der Waals surface area contributed by atoms with Crippen molar-refractivity contribution in [1.29, 1.82) is 0 Å². The molecule has 5 heteroatoms. The summed E-state index contributed by atoms with van der Waals surface area (Å²) in [5.74, 6) is 0. The van der Waals surface area contributed by atoms with Crippen molar-refractivity contribution >= 4 is 6.03 Å². The third-order valence-corrected chi connectivity index (χ3v) is 2.81. The Balaban J connectivity index is 2.23. The lowest BCUT2D eigenvalue weighted by molar-refractivity contribution is 0.154. The van der Waals surface area contributed by atoms with Crippen molar-refractivity contribution in [2.45, 2.75) is 6.42 Å². The summed E-state index contributed by atoms with van der Waals surface area (Å²) in [4.78, 5) is 17.9. The third kappa shape index (κ3) is 4.37. The molecule has 1 heterocycles. The van der Waals surface area contributed by atoms with Gasteiger partial charge in [0.2, 0.25) is 0 Å². The number of piperazine rings is 1. The first kappa shape index (κ1) is 13.3. The highest BCUT2D eigenvalue weighted by Gasteiger charge is 2.19. The molecule has 1 aliphatic rings. The Kier molecular flexibility index (Phi) is 5.55. The predicted molar refractivity (Wildman–Crippen MR) is 65.6 cm³/mol. The molecule has 0 atom stereocenters. The zero-order valence-electron chi connectivity index (χ0n) is 10.7. The molecule has 0 bridgehead atoms. The van der Waals surface area contributed by atoms with E-state index in [0.717, 1.165) is 45.7 Å². The minimum absolute atomic E-state index is 0.167. The maximum absolute atomic E-state index is 12.0. The molecule has 1 fully saturated rings. The van der Waals surface area contributed by atoms with Gasteiger partial charge in [-0.25, -0.2) is 4.79 Å². The van der Waals surface area contributed by atoms with Gasteiger partial charge in [0.05, 0.1) is 0 Å². The van der Waals surface area contributed by atoms with Crippen molar-refractivity contribution in [3.8, 4) is 0 Å². The molecule has 2 amide bonds. The molecule has 1 aliphatic heterocycles.